The first-order valence-electron chi connectivity index (χ1n) is 11.0. The molecule has 0 N–H and O–H groups in total. The molecular weight excluding hydrogens is 410 g/mol. The standard InChI is InChI=1S/C28H29N3O2/c1-7-31(24-17-8-18(2)25-26(24)28(33)30(6)27(25)32)23-15-11-21(12-16-23)19(3)20-9-13-22(14-10-20)29(4)5/h8-17H,3,7H2,1-2,4-6H3. The number of hydrogen-bond acceptors (Lipinski definition) is 4. The third-order valence-electron chi connectivity index (χ3n) is 6.30. The van der Waals surface area contributed by atoms with E-state index in [2.05, 4.69) is 40.6 Å². The van der Waals surface area contributed by atoms with Gasteiger partial charge in [-0.2, -0.15) is 0 Å². The van der Waals surface area contributed by atoms with Crippen LogP contribution in [-0.4, -0.2) is 44.4 Å². The first-order chi connectivity index (χ1) is 15.7. The summed E-state index contributed by atoms with van der Waals surface area (Å²) in [7, 11) is 5.58. The summed E-state index contributed by atoms with van der Waals surface area (Å²) in [6, 6.07) is 20.3. The number of carbonyl (C=O) groups is 2. The average Bonchev–Trinajstić information content (AvgIpc) is 3.06. The van der Waals surface area contributed by atoms with Gasteiger partial charge in [-0.3, -0.25) is 14.5 Å². The van der Waals surface area contributed by atoms with E-state index in [4.69, 9.17) is 0 Å². The highest BCUT2D eigenvalue weighted by Crippen LogP contribution is 2.37. The Bertz CT molecular complexity index is 1240. The lowest BCUT2D eigenvalue weighted by atomic mass is 9.98. The molecule has 1 aliphatic rings. The van der Waals surface area contributed by atoms with E-state index in [1.807, 2.05) is 64.3 Å². The Labute approximate surface area is 195 Å². The summed E-state index contributed by atoms with van der Waals surface area (Å²) in [6.07, 6.45) is 0. The van der Waals surface area contributed by atoms with Crippen LogP contribution in [0.3, 0.4) is 0 Å². The third-order valence-corrected chi connectivity index (χ3v) is 6.30. The van der Waals surface area contributed by atoms with Crippen molar-refractivity contribution in [1.29, 1.82) is 0 Å². The van der Waals surface area contributed by atoms with Crippen LogP contribution in [0.4, 0.5) is 17.1 Å². The third kappa shape index (κ3) is 3.80. The van der Waals surface area contributed by atoms with Gasteiger partial charge >= 0.3 is 0 Å². The zero-order chi connectivity index (χ0) is 23.9. The Morgan fingerprint density at radius 2 is 1.33 bits per heavy atom. The molecule has 0 aliphatic carbocycles. The Morgan fingerprint density at radius 1 is 0.818 bits per heavy atom. The zero-order valence-corrected chi connectivity index (χ0v) is 19.8. The molecule has 4 rings (SSSR count). The van der Waals surface area contributed by atoms with E-state index in [9.17, 15) is 9.59 Å². The van der Waals surface area contributed by atoms with Gasteiger partial charge in [-0.25, -0.2) is 0 Å². The molecular formula is C28H29N3O2. The van der Waals surface area contributed by atoms with Crippen molar-refractivity contribution in [2.45, 2.75) is 13.8 Å². The molecule has 3 aromatic rings. The maximum atomic E-state index is 12.9. The number of rotatable bonds is 6. The van der Waals surface area contributed by atoms with E-state index in [1.54, 1.807) is 0 Å². The van der Waals surface area contributed by atoms with Crippen molar-refractivity contribution in [2.75, 3.05) is 37.5 Å². The molecule has 5 nitrogen and oxygen atoms in total. The van der Waals surface area contributed by atoms with Gasteiger partial charge in [0.2, 0.25) is 0 Å². The summed E-state index contributed by atoms with van der Waals surface area (Å²) in [4.78, 5) is 30.8. The van der Waals surface area contributed by atoms with Gasteiger partial charge in [0, 0.05) is 39.1 Å². The molecule has 0 unspecified atom stereocenters. The summed E-state index contributed by atoms with van der Waals surface area (Å²) >= 11 is 0. The number of nitrogens with zero attached hydrogens (tertiary/aromatic N) is 3. The fourth-order valence-corrected chi connectivity index (χ4v) is 4.30. The van der Waals surface area contributed by atoms with Crippen LogP contribution in [0.5, 0.6) is 0 Å². The Hall–Kier alpha value is -3.86. The summed E-state index contributed by atoms with van der Waals surface area (Å²) < 4.78 is 0. The molecule has 0 aromatic heterocycles. The van der Waals surface area contributed by atoms with E-state index in [0.717, 1.165) is 39.3 Å². The van der Waals surface area contributed by atoms with Crippen LogP contribution in [0, 0.1) is 6.92 Å². The summed E-state index contributed by atoms with van der Waals surface area (Å²) in [5.74, 6) is -0.490. The molecule has 2 amide bonds. The average molecular weight is 440 g/mol. The molecule has 5 heteroatoms. The molecule has 168 valence electrons. The van der Waals surface area contributed by atoms with Crippen LogP contribution >= 0.6 is 0 Å². The van der Waals surface area contributed by atoms with Crippen LogP contribution in [-0.2, 0) is 0 Å². The molecule has 0 bridgehead atoms. The number of hydrogen-bond donors (Lipinski definition) is 0. The predicted molar refractivity (Wildman–Crippen MR) is 136 cm³/mol. The van der Waals surface area contributed by atoms with Crippen LogP contribution in [0.25, 0.3) is 5.57 Å². The SMILES string of the molecule is C=C(c1ccc(N(C)C)cc1)c1ccc(N(CC)c2ccc(C)c3c2C(=O)N(C)C3=O)cc1. The van der Waals surface area contributed by atoms with Crippen molar-refractivity contribution in [2.24, 2.45) is 0 Å². The normalized spacial score (nSPS) is 12.7. The van der Waals surface area contributed by atoms with E-state index in [0.29, 0.717) is 17.7 Å². The van der Waals surface area contributed by atoms with Gasteiger partial charge in [0.05, 0.1) is 16.8 Å². The van der Waals surface area contributed by atoms with Gasteiger partial charge in [0.25, 0.3) is 11.8 Å². The van der Waals surface area contributed by atoms with Gasteiger partial charge < -0.3 is 9.80 Å². The van der Waals surface area contributed by atoms with Gasteiger partial charge in [0.15, 0.2) is 0 Å². The first-order valence-corrected chi connectivity index (χ1v) is 11.0. The fourth-order valence-electron chi connectivity index (χ4n) is 4.30. The summed E-state index contributed by atoms with van der Waals surface area (Å²) in [5, 5.41) is 0. The quantitative estimate of drug-likeness (QED) is 0.475. The Morgan fingerprint density at radius 3 is 1.85 bits per heavy atom. The minimum absolute atomic E-state index is 0.239. The highest BCUT2D eigenvalue weighted by molar-refractivity contribution is 6.24. The Kier molecular flexibility index (Phi) is 5.81. The van der Waals surface area contributed by atoms with E-state index in [-0.39, 0.29) is 11.8 Å². The number of imide groups is 1. The molecule has 3 aromatic carbocycles. The summed E-state index contributed by atoms with van der Waals surface area (Å²) in [6.45, 7) is 8.86. The number of benzene rings is 3. The first kappa shape index (κ1) is 22.3. The lowest BCUT2D eigenvalue weighted by Crippen LogP contribution is -2.25. The zero-order valence-electron chi connectivity index (χ0n) is 19.8. The Balaban J connectivity index is 1.66. The van der Waals surface area contributed by atoms with E-state index >= 15 is 0 Å². The highest BCUT2D eigenvalue weighted by Gasteiger charge is 2.37. The topological polar surface area (TPSA) is 43.9 Å². The van der Waals surface area contributed by atoms with Gasteiger partial charge in [0.1, 0.15) is 0 Å². The summed E-state index contributed by atoms with van der Waals surface area (Å²) in [5.41, 5.74) is 7.72. The molecule has 0 saturated carbocycles. The molecule has 0 atom stereocenters. The molecule has 0 radical (unpaired) electrons. The lowest BCUT2D eigenvalue weighted by Gasteiger charge is -2.26. The second-order valence-electron chi connectivity index (χ2n) is 8.53. The largest absolute Gasteiger partial charge is 0.378 e. The van der Waals surface area contributed by atoms with Crippen LogP contribution in [0.2, 0.25) is 0 Å². The smallest absolute Gasteiger partial charge is 0.263 e. The van der Waals surface area contributed by atoms with Gasteiger partial charge in [-0.05, 0) is 66.4 Å². The van der Waals surface area contributed by atoms with Crippen molar-refractivity contribution in [3.63, 3.8) is 0 Å². The van der Waals surface area contributed by atoms with Crippen molar-refractivity contribution in [3.8, 4) is 0 Å². The van der Waals surface area contributed by atoms with Crippen LogP contribution < -0.4 is 9.80 Å². The second kappa shape index (κ2) is 8.58. The number of amides is 2. The van der Waals surface area contributed by atoms with Crippen molar-refractivity contribution in [3.05, 3.63) is 95.1 Å². The van der Waals surface area contributed by atoms with Crippen LogP contribution in [0.1, 0.15) is 44.3 Å². The van der Waals surface area contributed by atoms with Crippen molar-refractivity contribution < 1.29 is 9.59 Å². The molecule has 1 heterocycles. The monoisotopic (exact) mass is 439 g/mol. The van der Waals surface area contributed by atoms with Gasteiger partial charge in [-0.1, -0.05) is 36.9 Å². The lowest BCUT2D eigenvalue weighted by molar-refractivity contribution is 0.0693. The minimum Gasteiger partial charge on any atom is -0.378 e. The molecule has 0 saturated heterocycles. The minimum atomic E-state index is -0.252. The van der Waals surface area contributed by atoms with Crippen molar-refractivity contribution in [1.82, 2.24) is 4.90 Å². The predicted octanol–water partition coefficient (Wildman–Crippen LogP) is 5.51. The fraction of sp³-hybridized carbons (Fsp3) is 0.214. The van der Waals surface area contributed by atoms with Crippen molar-refractivity contribution >= 4 is 34.4 Å². The number of fused-ring (bicyclic) bond motifs is 1. The molecule has 0 spiro atoms. The van der Waals surface area contributed by atoms with E-state index < -0.39 is 0 Å². The van der Waals surface area contributed by atoms with E-state index in [1.165, 1.54) is 11.9 Å². The maximum absolute atomic E-state index is 12.9. The van der Waals surface area contributed by atoms with Gasteiger partial charge in [-0.15, -0.1) is 0 Å². The number of anilines is 3. The number of carbonyl (C=O) groups excluding carboxylic acids is 2. The maximum Gasteiger partial charge on any atom is 0.263 e. The molecule has 33 heavy (non-hydrogen) atoms. The molecule has 1 aliphatic heterocycles. The second-order valence-corrected chi connectivity index (χ2v) is 8.53. The number of aryl methyl sites for hydroxylation is 1. The van der Waals surface area contributed by atoms with Crippen LogP contribution in [0.15, 0.2) is 67.2 Å². The molecule has 0 fully saturated rings. The highest BCUT2D eigenvalue weighted by atomic mass is 16.2.